The quantitative estimate of drug-likeness (QED) is 0.902. The van der Waals surface area contributed by atoms with Gasteiger partial charge in [-0.05, 0) is 31.7 Å². The van der Waals surface area contributed by atoms with Crippen LogP contribution in [0.15, 0.2) is 24.7 Å². The second-order valence-corrected chi connectivity index (χ2v) is 5.27. The molecule has 0 radical (unpaired) electrons. The Kier molecular flexibility index (Phi) is 3.17. The van der Waals surface area contributed by atoms with Gasteiger partial charge in [-0.1, -0.05) is 19.3 Å². The lowest BCUT2D eigenvalue weighted by Crippen LogP contribution is -2.28. The number of hydrogen-bond acceptors (Lipinski definition) is 3. The van der Waals surface area contributed by atoms with Crippen LogP contribution in [0.4, 0.5) is 5.82 Å². The van der Waals surface area contributed by atoms with Gasteiger partial charge in [-0.3, -0.25) is 0 Å². The van der Waals surface area contributed by atoms with Crippen molar-refractivity contribution in [2.45, 2.75) is 45.1 Å². The van der Waals surface area contributed by atoms with Crippen molar-refractivity contribution in [1.82, 2.24) is 14.6 Å². The van der Waals surface area contributed by atoms with E-state index in [0.717, 1.165) is 17.3 Å². The summed E-state index contributed by atoms with van der Waals surface area (Å²) in [4.78, 5) is 4.44. The standard InChI is InChI=1S/C14H20N4/c1-11(12-5-3-2-4-6-12)17-14-13-7-8-16-18(13)10-9-15-14/h7-12H,2-6H2,1H3,(H,15,17). The Hall–Kier alpha value is -1.58. The summed E-state index contributed by atoms with van der Waals surface area (Å²) in [5, 5.41) is 7.80. The smallest absolute Gasteiger partial charge is 0.152 e. The second kappa shape index (κ2) is 4.96. The van der Waals surface area contributed by atoms with E-state index in [2.05, 4.69) is 22.3 Å². The molecule has 0 amide bonds. The first kappa shape index (κ1) is 11.5. The van der Waals surface area contributed by atoms with Crippen LogP contribution >= 0.6 is 0 Å². The molecule has 1 saturated carbocycles. The van der Waals surface area contributed by atoms with Crippen LogP contribution < -0.4 is 5.32 Å². The highest BCUT2D eigenvalue weighted by Gasteiger charge is 2.20. The lowest BCUT2D eigenvalue weighted by molar-refractivity contribution is 0.328. The maximum Gasteiger partial charge on any atom is 0.152 e. The van der Waals surface area contributed by atoms with Crippen LogP contribution in [0.2, 0.25) is 0 Å². The summed E-state index contributed by atoms with van der Waals surface area (Å²) in [5.74, 6) is 1.73. The molecule has 2 aromatic heterocycles. The molecule has 4 heteroatoms. The fourth-order valence-electron chi connectivity index (χ4n) is 2.94. The Morgan fingerprint density at radius 1 is 1.28 bits per heavy atom. The molecular weight excluding hydrogens is 224 g/mol. The van der Waals surface area contributed by atoms with E-state index in [9.17, 15) is 0 Å². The predicted molar refractivity (Wildman–Crippen MR) is 72.6 cm³/mol. The van der Waals surface area contributed by atoms with Crippen LogP contribution in [-0.4, -0.2) is 20.6 Å². The highest BCUT2D eigenvalue weighted by Crippen LogP contribution is 2.28. The maximum atomic E-state index is 4.44. The molecule has 2 heterocycles. The van der Waals surface area contributed by atoms with Crippen LogP contribution in [0.3, 0.4) is 0 Å². The number of aromatic nitrogens is 3. The summed E-state index contributed by atoms with van der Waals surface area (Å²) in [5.41, 5.74) is 1.06. The summed E-state index contributed by atoms with van der Waals surface area (Å²) >= 11 is 0. The molecule has 0 aromatic carbocycles. The van der Waals surface area contributed by atoms with Crippen LogP contribution in [0.5, 0.6) is 0 Å². The molecule has 1 fully saturated rings. The summed E-state index contributed by atoms with van der Waals surface area (Å²) < 4.78 is 1.86. The SMILES string of the molecule is CC(Nc1nccn2nccc12)C1CCCCC1. The molecule has 1 aliphatic rings. The van der Waals surface area contributed by atoms with Crippen LogP contribution in [0, 0.1) is 5.92 Å². The number of hydrogen-bond donors (Lipinski definition) is 1. The highest BCUT2D eigenvalue weighted by molar-refractivity contribution is 5.67. The predicted octanol–water partition coefficient (Wildman–Crippen LogP) is 3.11. The van der Waals surface area contributed by atoms with Gasteiger partial charge in [0.2, 0.25) is 0 Å². The number of nitrogens with zero attached hydrogens (tertiary/aromatic N) is 3. The van der Waals surface area contributed by atoms with Crippen molar-refractivity contribution < 1.29 is 0 Å². The van der Waals surface area contributed by atoms with Gasteiger partial charge in [0.1, 0.15) is 5.52 Å². The normalized spacial score (nSPS) is 18.9. The number of fused-ring (bicyclic) bond motifs is 1. The molecule has 1 N–H and O–H groups in total. The second-order valence-electron chi connectivity index (χ2n) is 5.27. The minimum atomic E-state index is 0.485. The number of anilines is 1. The van der Waals surface area contributed by atoms with E-state index < -0.39 is 0 Å². The van der Waals surface area contributed by atoms with Crippen molar-refractivity contribution in [2.24, 2.45) is 5.92 Å². The van der Waals surface area contributed by atoms with Crippen molar-refractivity contribution in [3.8, 4) is 0 Å². The van der Waals surface area contributed by atoms with Crippen molar-refractivity contribution in [1.29, 1.82) is 0 Å². The molecule has 3 rings (SSSR count). The lowest BCUT2D eigenvalue weighted by Gasteiger charge is -2.28. The van der Waals surface area contributed by atoms with Gasteiger partial charge in [0.05, 0.1) is 6.20 Å². The Morgan fingerprint density at radius 3 is 2.94 bits per heavy atom. The third-order valence-corrected chi connectivity index (χ3v) is 4.05. The van der Waals surface area contributed by atoms with E-state index in [4.69, 9.17) is 0 Å². The van der Waals surface area contributed by atoms with Crippen LogP contribution in [0.25, 0.3) is 5.52 Å². The molecule has 1 aliphatic carbocycles. The van der Waals surface area contributed by atoms with Crippen molar-refractivity contribution in [2.75, 3.05) is 5.32 Å². The molecule has 0 bridgehead atoms. The molecular formula is C14H20N4. The molecule has 0 saturated heterocycles. The third kappa shape index (κ3) is 2.19. The fraction of sp³-hybridized carbons (Fsp3) is 0.571. The first-order valence-corrected chi connectivity index (χ1v) is 6.89. The largest absolute Gasteiger partial charge is 0.366 e. The van der Waals surface area contributed by atoms with Gasteiger partial charge in [-0.15, -0.1) is 0 Å². The summed E-state index contributed by atoms with van der Waals surface area (Å²) in [7, 11) is 0. The molecule has 0 spiro atoms. The Balaban J connectivity index is 1.77. The fourth-order valence-corrected chi connectivity index (χ4v) is 2.94. The van der Waals surface area contributed by atoms with Crippen molar-refractivity contribution >= 4 is 11.3 Å². The molecule has 2 aromatic rings. The van der Waals surface area contributed by atoms with Gasteiger partial charge < -0.3 is 5.32 Å². The molecule has 4 nitrogen and oxygen atoms in total. The van der Waals surface area contributed by atoms with Crippen molar-refractivity contribution in [3.63, 3.8) is 0 Å². The first-order chi connectivity index (χ1) is 8.84. The third-order valence-electron chi connectivity index (χ3n) is 4.05. The zero-order chi connectivity index (χ0) is 12.4. The first-order valence-electron chi connectivity index (χ1n) is 6.89. The molecule has 96 valence electrons. The zero-order valence-electron chi connectivity index (χ0n) is 10.8. The van der Waals surface area contributed by atoms with Crippen molar-refractivity contribution in [3.05, 3.63) is 24.7 Å². The van der Waals surface area contributed by atoms with Gasteiger partial charge in [-0.25, -0.2) is 9.50 Å². The van der Waals surface area contributed by atoms with E-state index in [0.29, 0.717) is 6.04 Å². The Bertz CT molecular complexity index is 513. The summed E-state index contributed by atoms with van der Waals surface area (Å²) in [6.45, 7) is 2.28. The topological polar surface area (TPSA) is 42.2 Å². The van der Waals surface area contributed by atoms with Gasteiger partial charge in [0.15, 0.2) is 5.82 Å². The van der Waals surface area contributed by atoms with E-state index in [1.54, 1.807) is 6.20 Å². The van der Waals surface area contributed by atoms with E-state index >= 15 is 0 Å². The minimum Gasteiger partial charge on any atom is -0.366 e. The van der Waals surface area contributed by atoms with Gasteiger partial charge in [-0.2, -0.15) is 5.10 Å². The Morgan fingerprint density at radius 2 is 2.11 bits per heavy atom. The lowest BCUT2D eigenvalue weighted by atomic mass is 9.84. The van der Waals surface area contributed by atoms with E-state index in [1.807, 2.05) is 23.0 Å². The molecule has 1 unspecified atom stereocenters. The minimum absolute atomic E-state index is 0.485. The van der Waals surface area contributed by atoms with Gasteiger partial charge in [0.25, 0.3) is 0 Å². The number of nitrogens with one attached hydrogen (secondary N) is 1. The Labute approximate surface area is 107 Å². The summed E-state index contributed by atoms with van der Waals surface area (Å²) in [6.07, 6.45) is 12.3. The average Bonchev–Trinajstić information content (AvgIpc) is 2.89. The van der Waals surface area contributed by atoms with Crippen LogP contribution in [-0.2, 0) is 0 Å². The maximum absolute atomic E-state index is 4.44. The zero-order valence-corrected chi connectivity index (χ0v) is 10.8. The van der Waals surface area contributed by atoms with Crippen LogP contribution in [0.1, 0.15) is 39.0 Å². The van der Waals surface area contributed by atoms with E-state index in [1.165, 1.54) is 32.1 Å². The van der Waals surface area contributed by atoms with E-state index in [-0.39, 0.29) is 0 Å². The molecule has 0 aliphatic heterocycles. The highest BCUT2D eigenvalue weighted by atomic mass is 15.2. The molecule has 1 atom stereocenters. The van der Waals surface area contributed by atoms with Gasteiger partial charge in [0, 0.05) is 18.4 Å². The monoisotopic (exact) mass is 244 g/mol. The molecule has 18 heavy (non-hydrogen) atoms. The summed E-state index contributed by atoms with van der Waals surface area (Å²) in [6, 6.07) is 2.49. The number of rotatable bonds is 3. The average molecular weight is 244 g/mol. The van der Waals surface area contributed by atoms with Gasteiger partial charge >= 0.3 is 0 Å².